The number of aromatic nitrogens is 1. The summed E-state index contributed by atoms with van der Waals surface area (Å²) in [5, 5.41) is 0. The van der Waals surface area contributed by atoms with Crippen molar-refractivity contribution in [2.24, 2.45) is 0 Å². The van der Waals surface area contributed by atoms with Gasteiger partial charge < -0.3 is 0 Å². The van der Waals surface area contributed by atoms with Gasteiger partial charge in [-0.25, -0.2) is 0 Å². The average molecular weight is 261 g/mol. The molecule has 0 amide bonds. The molecule has 0 bridgehead atoms. The largest absolute Gasteiger partial charge is 0.264 e. The van der Waals surface area contributed by atoms with Crippen molar-refractivity contribution in [2.45, 2.75) is 84.5 Å². The van der Waals surface area contributed by atoms with Crippen molar-refractivity contribution in [2.75, 3.05) is 0 Å². The highest BCUT2D eigenvalue weighted by molar-refractivity contribution is 5.25. The second-order valence-electron chi connectivity index (χ2n) is 5.77. The molecule has 1 aromatic heterocycles. The first-order chi connectivity index (χ1) is 9.29. The van der Waals surface area contributed by atoms with Crippen LogP contribution >= 0.6 is 0 Å². The van der Waals surface area contributed by atoms with Gasteiger partial charge in [-0.1, -0.05) is 58.8 Å². The Hall–Kier alpha value is -0.850. The average Bonchev–Trinajstić information content (AvgIpc) is 2.42. The van der Waals surface area contributed by atoms with Crippen molar-refractivity contribution in [3.05, 3.63) is 29.6 Å². The van der Waals surface area contributed by atoms with Gasteiger partial charge in [0.15, 0.2) is 0 Å². The lowest BCUT2D eigenvalue weighted by molar-refractivity contribution is 0.499. The molecule has 0 aliphatic carbocycles. The summed E-state index contributed by atoms with van der Waals surface area (Å²) in [5.74, 6) is 0.733. The molecule has 1 aromatic rings. The summed E-state index contributed by atoms with van der Waals surface area (Å²) >= 11 is 0. The van der Waals surface area contributed by atoms with Crippen molar-refractivity contribution < 1.29 is 0 Å². The molecule has 0 N–H and O–H groups in total. The Kier molecular flexibility index (Phi) is 8.53. The van der Waals surface area contributed by atoms with Gasteiger partial charge in [0, 0.05) is 12.4 Å². The molecule has 0 aliphatic rings. The van der Waals surface area contributed by atoms with E-state index in [1.54, 1.807) is 0 Å². The monoisotopic (exact) mass is 261 g/mol. The molecule has 0 spiro atoms. The fraction of sp³-hybridized carbons (Fsp3) is 0.722. The molecule has 19 heavy (non-hydrogen) atoms. The predicted octanol–water partition coefficient (Wildman–Crippen LogP) is 6.02. The zero-order valence-corrected chi connectivity index (χ0v) is 13.1. The van der Waals surface area contributed by atoms with E-state index in [1.165, 1.54) is 68.9 Å². The fourth-order valence-electron chi connectivity index (χ4n) is 2.82. The van der Waals surface area contributed by atoms with E-state index in [2.05, 4.69) is 38.0 Å². The van der Waals surface area contributed by atoms with Gasteiger partial charge in [0.25, 0.3) is 0 Å². The lowest BCUT2D eigenvalue weighted by Crippen LogP contribution is -2.02. The smallest absolute Gasteiger partial charge is 0.0305 e. The molecule has 0 saturated heterocycles. The van der Waals surface area contributed by atoms with Gasteiger partial charge in [-0.3, -0.25) is 4.98 Å². The summed E-state index contributed by atoms with van der Waals surface area (Å²) in [6.45, 7) is 6.80. The van der Waals surface area contributed by atoms with Crippen LogP contribution in [0.3, 0.4) is 0 Å². The van der Waals surface area contributed by atoms with Crippen LogP contribution in [0.15, 0.2) is 18.5 Å². The molecular weight excluding hydrogens is 230 g/mol. The molecule has 1 rings (SSSR count). The number of unbranched alkanes of at least 4 members (excludes halogenated alkanes) is 5. The fourth-order valence-corrected chi connectivity index (χ4v) is 2.82. The maximum absolute atomic E-state index is 4.34. The molecule has 108 valence electrons. The van der Waals surface area contributed by atoms with Crippen molar-refractivity contribution >= 4 is 0 Å². The minimum absolute atomic E-state index is 0.733. The van der Waals surface area contributed by atoms with Gasteiger partial charge in [0.2, 0.25) is 0 Å². The Balaban J connectivity index is 2.55. The molecule has 0 aromatic carbocycles. The van der Waals surface area contributed by atoms with E-state index in [4.69, 9.17) is 0 Å². The topological polar surface area (TPSA) is 12.9 Å². The number of aryl methyl sites for hydroxylation is 1. The van der Waals surface area contributed by atoms with Crippen LogP contribution in [0.25, 0.3) is 0 Å². The zero-order chi connectivity index (χ0) is 13.9. The minimum Gasteiger partial charge on any atom is -0.264 e. The second-order valence-corrected chi connectivity index (χ2v) is 5.77. The molecule has 0 radical (unpaired) electrons. The van der Waals surface area contributed by atoms with E-state index in [0.717, 1.165) is 5.92 Å². The minimum atomic E-state index is 0.733. The summed E-state index contributed by atoms with van der Waals surface area (Å²) in [6.07, 6.45) is 16.2. The summed E-state index contributed by atoms with van der Waals surface area (Å²) < 4.78 is 0. The Morgan fingerprint density at radius 1 is 0.947 bits per heavy atom. The van der Waals surface area contributed by atoms with E-state index < -0.39 is 0 Å². The van der Waals surface area contributed by atoms with Crippen LogP contribution < -0.4 is 0 Å². The normalized spacial score (nSPS) is 12.6. The van der Waals surface area contributed by atoms with Crippen LogP contribution in [-0.2, 0) is 0 Å². The third-order valence-corrected chi connectivity index (χ3v) is 4.08. The SMILES string of the molecule is CCCCCCC(CCCCC)c1cnccc1C. The van der Waals surface area contributed by atoms with Crippen molar-refractivity contribution in [3.8, 4) is 0 Å². The van der Waals surface area contributed by atoms with E-state index in [0.29, 0.717) is 0 Å². The first kappa shape index (κ1) is 16.2. The van der Waals surface area contributed by atoms with Gasteiger partial charge in [-0.15, -0.1) is 0 Å². The standard InChI is InChI=1S/C18H31N/c1-4-6-8-10-12-17(11-9-7-5-2)18-15-19-14-13-16(18)3/h13-15,17H,4-12H2,1-3H3. The highest BCUT2D eigenvalue weighted by atomic mass is 14.6. The summed E-state index contributed by atoms with van der Waals surface area (Å²) in [4.78, 5) is 4.34. The van der Waals surface area contributed by atoms with E-state index >= 15 is 0 Å². The first-order valence-corrected chi connectivity index (χ1v) is 8.20. The summed E-state index contributed by atoms with van der Waals surface area (Å²) in [7, 11) is 0. The Labute approximate surface area is 119 Å². The first-order valence-electron chi connectivity index (χ1n) is 8.20. The Bertz CT molecular complexity index is 332. The van der Waals surface area contributed by atoms with Crippen LogP contribution in [0.1, 0.15) is 88.7 Å². The number of hydrogen-bond acceptors (Lipinski definition) is 1. The molecule has 1 unspecified atom stereocenters. The lowest BCUT2D eigenvalue weighted by Gasteiger charge is -2.19. The maximum Gasteiger partial charge on any atom is 0.0305 e. The molecule has 0 saturated carbocycles. The number of rotatable bonds is 10. The predicted molar refractivity (Wildman–Crippen MR) is 84.6 cm³/mol. The van der Waals surface area contributed by atoms with E-state index in [-0.39, 0.29) is 0 Å². The van der Waals surface area contributed by atoms with Crippen LogP contribution in [0, 0.1) is 6.92 Å². The highest BCUT2D eigenvalue weighted by Crippen LogP contribution is 2.29. The van der Waals surface area contributed by atoms with Crippen LogP contribution in [0.5, 0.6) is 0 Å². The van der Waals surface area contributed by atoms with Gasteiger partial charge in [0.05, 0.1) is 0 Å². The van der Waals surface area contributed by atoms with Gasteiger partial charge >= 0.3 is 0 Å². The van der Waals surface area contributed by atoms with Crippen LogP contribution in [0.4, 0.5) is 0 Å². The maximum atomic E-state index is 4.34. The molecule has 1 atom stereocenters. The number of hydrogen-bond donors (Lipinski definition) is 0. The Morgan fingerprint density at radius 2 is 1.58 bits per heavy atom. The molecular formula is C18H31N. The lowest BCUT2D eigenvalue weighted by atomic mass is 9.87. The zero-order valence-electron chi connectivity index (χ0n) is 13.1. The quantitative estimate of drug-likeness (QED) is 0.469. The Morgan fingerprint density at radius 3 is 2.21 bits per heavy atom. The third-order valence-electron chi connectivity index (χ3n) is 4.08. The summed E-state index contributed by atoms with van der Waals surface area (Å²) in [5.41, 5.74) is 2.92. The van der Waals surface area contributed by atoms with Gasteiger partial charge in [-0.2, -0.15) is 0 Å². The number of nitrogens with zero attached hydrogens (tertiary/aromatic N) is 1. The molecule has 1 heterocycles. The molecule has 1 nitrogen and oxygen atoms in total. The molecule has 1 heteroatoms. The summed E-state index contributed by atoms with van der Waals surface area (Å²) in [6, 6.07) is 2.16. The molecule has 0 fully saturated rings. The van der Waals surface area contributed by atoms with E-state index in [9.17, 15) is 0 Å². The van der Waals surface area contributed by atoms with Crippen LogP contribution in [-0.4, -0.2) is 4.98 Å². The van der Waals surface area contributed by atoms with Crippen molar-refractivity contribution in [1.82, 2.24) is 4.98 Å². The number of pyridine rings is 1. The second kappa shape index (κ2) is 10.00. The van der Waals surface area contributed by atoms with E-state index in [1.807, 2.05) is 6.20 Å². The van der Waals surface area contributed by atoms with Crippen molar-refractivity contribution in [3.63, 3.8) is 0 Å². The van der Waals surface area contributed by atoms with Gasteiger partial charge in [0.1, 0.15) is 0 Å². The highest BCUT2D eigenvalue weighted by Gasteiger charge is 2.13. The third kappa shape index (κ3) is 6.22. The van der Waals surface area contributed by atoms with Crippen molar-refractivity contribution in [1.29, 1.82) is 0 Å². The molecule has 0 aliphatic heterocycles. The van der Waals surface area contributed by atoms with Gasteiger partial charge in [-0.05, 0) is 42.9 Å². The van der Waals surface area contributed by atoms with Crippen LogP contribution in [0.2, 0.25) is 0 Å².